The average Bonchev–Trinajstić information content (AvgIpc) is 3.33. The van der Waals surface area contributed by atoms with Gasteiger partial charge in [0, 0.05) is 50.3 Å². The van der Waals surface area contributed by atoms with E-state index in [0.29, 0.717) is 17.6 Å². The van der Waals surface area contributed by atoms with E-state index in [1.807, 2.05) is 54.2 Å². The van der Waals surface area contributed by atoms with Crippen LogP contribution < -0.4 is 15.1 Å². The maximum absolute atomic E-state index is 8.97. The minimum atomic E-state index is 0.376. The molecular formula is C24H25N9. The maximum Gasteiger partial charge on any atom is 0.229 e. The van der Waals surface area contributed by atoms with Crippen molar-refractivity contribution in [3.05, 3.63) is 66.2 Å². The van der Waals surface area contributed by atoms with Crippen LogP contribution in [0.1, 0.15) is 24.0 Å². The molecule has 0 atom stereocenters. The molecule has 0 aliphatic carbocycles. The Morgan fingerprint density at radius 1 is 1.09 bits per heavy atom. The van der Waals surface area contributed by atoms with Crippen molar-refractivity contribution in [2.24, 2.45) is 0 Å². The Morgan fingerprint density at radius 3 is 2.70 bits per heavy atom. The highest BCUT2D eigenvalue weighted by molar-refractivity contribution is 5.59. The Kier molecular flexibility index (Phi) is 5.48. The Bertz CT molecular complexity index is 1300. The van der Waals surface area contributed by atoms with E-state index >= 15 is 0 Å². The smallest absolute Gasteiger partial charge is 0.229 e. The summed E-state index contributed by atoms with van der Waals surface area (Å²) < 4.78 is 1.82. The maximum atomic E-state index is 8.97. The summed E-state index contributed by atoms with van der Waals surface area (Å²) in [5.41, 5.74) is 3.54. The highest BCUT2D eigenvalue weighted by atomic mass is 15.3. The monoisotopic (exact) mass is 439 g/mol. The molecule has 1 aliphatic rings. The first-order valence-electron chi connectivity index (χ1n) is 11.0. The minimum Gasteiger partial charge on any atom is -0.356 e. The zero-order chi connectivity index (χ0) is 22.8. The highest BCUT2D eigenvalue weighted by Gasteiger charge is 2.25. The third-order valence-corrected chi connectivity index (χ3v) is 6.14. The number of aromatic nitrogens is 5. The summed E-state index contributed by atoms with van der Waals surface area (Å²) in [6.07, 6.45) is 9.20. The van der Waals surface area contributed by atoms with Crippen LogP contribution in [0.15, 0.2) is 55.1 Å². The van der Waals surface area contributed by atoms with Crippen LogP contribution >= 0.6 is 0 Å². The van der Waals surface area contributed by atoms with Gasteiger partial charge < -0.3 is 15.1 Å². The van der Waals surface area contributed by atoms with Crippen molar-refractivity contribution in [1.29, 1.82) is 5.26 Å². The van der Waals surface area contributed by atoms with E-state index in [1.54, 1.807) is 12.4 Å². The molecule has 1 saturated heterocycles. The third kappa shape index (κ3) is 4.28. The molecule has 4 aromatic heterocycles. The normalized spacial score (nSPS) is 14.3. The zero-order valence-electron chi connectivity index (χ0n) is 18.7. The topological polar surface area (TPSA) is 98.3 Å². The van der Waals surface area contributed by atoms with E-state index < -0.39 is 0 Å². The van der Waals surface area contributed by atoms with Gasteiger partial charge in [-0.05, 0) is 50.1 Å². The van der Waals surface area contributed by atoms with Gasteiger partial charge in [0.25, 0.3) is 0 Å². The van der Waals surface area contributed by atoms with Gasteiger partial charge in [0.15, 0.2) is 0 Å². The van der Waals surface area contributed by atoms with Crippen LogP contribution in [0.5, 0.6) is 0 Å². The summed E-state index contributed by atoms with van der Waals surface area (Å²) in [5, 5.41) is 16.6. The lowest BCUT2D eigenvalue weighted by atomic mass is 10.0. The van der Waals surface area contributed by atoms with Crippen LogP contribution in [-0.2, 0) is 0 Å². The number of hydrogen-bond acceptors (Lipinski definition) is 8. The standard InChI is InChI=1S/C24H25N9/c1-17-14-27-24(29-19-4-5-21-7-10-28-33(21)16-19)30-23(17)31(2)20-8-11-32(12-9-20)22-6-3-18(13-25)15-26-22/h3-7,10,14-16,20H,8-9,11-12H2,1-2H3,(H,27,29,30). The number of aryl methyl sites for hydroxylation is 1. The summed E-state index contributed by atoms with van der Waals surface area (Å²) in [4.78, 5) is 18.3. The van der Waals surface area contributed by atoms with E-state index in [1.165, 1.54) is 0 Å². The molecule has 1 fully saturated rings. The van der Waals surface area contributed by atoms with Crippen LogP contribution in [0.25, 0.3) is 5.52 Å². The number of rotatable bonds is 5. The van der Waals surface area contributed by atoms with Crippen molar-refractivity contribution in [2.75, 3.05) is 35.3 Å². The van der Waals surface area contributed by atoms with Gasteiger partial charge in [-0.2, -0.15) is 15.3 Å². The van der Waals surface area contributed by atoms with Crippen molar-refractivity contribution < 1.29 is 0 Å². The second-order valence-electron chi connectivity index (χ2n) is 8.29. The molecule has 0 spiro atoms. The quantitative estimate of drug-likeness (QED) is 0.504. The van der Waals surface area contributed by atoms with Crippen molar-refractivity contribution >= 4 is 28.8 Å². The predicted molar refractivity (Wildman–Crippen MR) is 128 cm³/mol. The lowest BCUT2D eigenvalue weighted by Gasteiger charge is -2.38. The van der Waals surface area contributed by atoms with Crippen LogP contribution in [0, 0.1) is 18.3 Å². The fraction of sp³-hybridized carbons (Fsp3) is 0.292. The Hall–Kier alpha value is -4.19. The largest absolute Gasteiger partial charge is 0.356 e. The molecule has 166 valence electrons. The first-order valence-corrected chi connectivity index (χ1v) is 11.0. The van der Waals surface area contributed by atoms with Crippen LogP contribution in [0.2, 0.25) is 0 Å². The fourth-order valence-corrected chi connectivity index (χ4v) is 4.26. The molecule has 0 bridgehead atoms. The molecule has 0 unspecified atom stereocenters. The number of nitriles is 1. The molecule has 1 N–H and O–H groups in total. The SMILES string of the molecule is Cc1cnc(Nc2ccc3ccnn3c2)nc1N(C)C1CCN(c2ccc(C#N)cn2)CC1. The second-order valence-corrected chi connectivity index (χ2v) is 8.29. The molecule has 0 saturated carbocycles. The molecule has 0 aromatic carbocycles. The van der Waals surface area contributed by atoms with Crippen LogP contribution in [0.3, 0.4) is 0 Å². The van der Waals surface area contributed by atoms with Gasteiger partial charge in [0.1, 0.15) is 17.7 Å². The first-order chi connectivity index (χ1) is 16.1. The first kappa shape index (κ1) is 20.7. The van der Waals surface area contributed by atoms with Gasteiger partial charge in [-0.1, -0.05) is 0 Å². The van der Waals surface area contributed by atoms with Crippen molar-refractivity contribution in [1.82, 2.24) is 24.6 Å². The van der Waals surface area contributed by atoms with E-state index in [2.05, 4.69) is 43.3 Å². The molecule has 9 nitrogen and oxygen atoms in total. The Balaban J connectivity index is 1.27. The molecule has 5 heterocycles. The summed E-state index contributed by atoms with van der Waals surface area (Å²) in [5.74, 6) is 2.42. The summed E-state index contributed by atoms with van der Waals surface area (Å²) >= 11 is 0. The zero-order valence-corrected chi connectivity index (χ0v) is 18.7. The van der Waals surface area contributed by atoms with Gasteiger partial charge in [-0.3, -0.25) is 0 Å². The second kappa shape index (κ2) is 8.74. The number of nitrogens with one attached hydrogen (secondary N) is 1. The minimum absolute atomic E-state index is 0.376. The van der Waals surface area contributed by atoms with Gasteiger partial charge in [-0.25, -0.2) is 14.5 Å². The highest BCUT2D eigenvalue weighted by Crippen LogP contribution is 2.26. The van der Waals surface area contributed by atoms with Crippen LogP contribution in [0.4, 0.5) is 23.3 Å². The predicted octanol–water partition coefficient (Wildman–Crippen LogP) is 3.55. The number of pyridine rings is 2. The number of hydrogen-bond donors (Lipinski definition) is 1. The number of fused-ring (bicyclic) bond motifs is 1. The summed E-state index contributed by atoms with van der Waals surface area (Å²) in [7, 11) is 2.11. The average molecular weight is 440 g/mol. The Morgan fingerprint density at radius 2 is 1.94 bits per heavy atom. The lowest BCUT2D eigenvalue weighted by Crippen LogP contribution is -2.44. The summed E-state index contributed by atoms with van der Waals surface area (Å²) in [6.45, 7) is 3.86. The van der Waals surface area contributed by atoms with Gasteiger partial charge >= 0.3 is 0 Å². The number of anilines is 4. The van der Waals surface area contributed by atoms with Gasteiger partial charge in [0.05, 0.1) is 23.0 Å². The van der Waals surface area contributed by atoms with Crippen LogP contribution in [-0.4, -0.2) is 50.7 Å². The number of piperidine rings is 1. The molecular weight excluding hydrogens is 414 g/mol. The lowest BCUT2D eigenvalue weighted by molar-refractivity contribution is 0.477. The van der Waals surface area contributed by atoms with Gasteiger partial charge in [-0.15, -0.1) is 0 Å². The summed E-state index contributed by atoms with van der Waals surface area (Å²) in [6, 6.07) is 12.2. The third-order valence-electron chi connectivity index (χ3n) is 6.14. The van der Waals surface area contributed by atoms with E-state index in [-0.39, 0.29) is 0 Å². The molecule has 1 aliphatic heterocycles. The molecule has 4 aromatic rings. The molecule has 0 amide bonds. The fourth-order valence-electron chi connectivity index (χ4n) is 4.26. The van der Waals surface area contributed by atoms with E-state index in [0.717, 1.165) is 54.3 Å². The Labute approximate surface area is 192 Å². The van der Waals surface area contributed by atoms with E-state index in [4.69, 9.17) is 10.2 Å². The molecule has 33 heavy (non-hydrogen) atoms. The number of nitrogens with zero attached hydrogens (tertiary/aromatic N) is 8. The van der Waals surface area contributed by atoms with Crippen molar-refractivity contribution in [3.63, 3.8) is 0 Å². The molecule has 9 heteroatoms. The molecule has 0 radical (unpaired) electrons. The van der Waals surface area contributed by atoms with Crippen molar-refractivity contribution in [3.8, 4) is 6.07 Å². The van der Waals surface area contributed by atoms with E-state index in [9.17, 15) is 0 Å². The molecule has 5 rings (SSSR count). The van der Waals surface area contributed by atoms with Gasteiger partial charge in [0.2, 0.25) is 5.95 Å². The van der Waals surface area contributed by atoms with Crippen molar-refractivity contribution in [2.45, 2.75) is 25.8 Å².